The highest BCUT2D eigenvalue weighted by Gasteiger charge is 2.48. The lowest BCUT2D eigenvalue weighted by Crippen LogP contribution is -2.42. The molecule has 0 amide bonds. The van der Waals surface area contributed by atoms with Crippen molar-refractivity contribution >= 4 is 16.1 Å². The average molecular weight is 297 g/mol. The van der Waals surface area contributed by atoms with Gasteiger partial charge in [-0.2, -0.15) is 21.6 Å². The second-order valence-corrected chi connectivity index (χ2v) is 5.06. The van der Waals surface area contributed by atoms with Crippen LogP contribution in [0.4, 0.5) is 13.2 Å². The van der Waals surface area contributed by atoms with E-state index >= 15 is 0 Å². The number of carboxylic acids is 1. The zero-order chi connectivity index (χ0) is 14.7. The monoisotopic (exact) mass is 297 g/mol. The van der Waals surface area contributed by atoms with Gasteiger partial charge in [0.2, 0.25) is 0 Å². The fraction of sp³-hybridized carbons (Fsp3) is 0.300. The third-order valence-corrected chi connectivity index (χ3v) is 3.11. The lowest BCUT2D eigenvalue weighted by molar-refractivity contribution is -0.313. The van der Waals surface area contributed by atoms with Crippen LogP contribution < -0.4 is 5.11 Å². The second-order valence-electron chi connectivity index (χ2n) is 3.49. The third-order valence-electron chi connectivity index (χ3n) is 2.05. The van der Waals surface area contributed by atoms with Gasteiger partial charge in [0.15, 0.2) is 0 Å². The first-order valence-electron chi connectivity index (χ1n) is 4.88. The summed E-state index contributed by atoms with van der Waals surface area (Å²) in [5, 5.41) is 10.6. The fourth-order valence-electron chi connectivity index (χ4n) is 1.19. The standard InChI is InChI=1S/C10H9F3O5S/c11-10(12,13)19(16,17)18-8(9(14)15)6-7-4-2-1-3-5-7/h1-5,8H,6H2,(H,14,15)/p-1. The first-order valence-corrected chi connectivity index (χ1v) is 6.28. The average Bonchev–Trinajstić information content (AvgIpc) is 2.27. The maximum atomic E-state index is 12.1. The molecule has 0 aliphatic rings. The zero-order valence-electron chi connectivity index (χ0n) is 9.25. The maximum absolute atomic E-state index is 12.1. The van der Waals surface area contributed by atoms with Gasteiger partial charge in [-0.15, -0.1) is 0 Å². The molecule has 1 aromatic carbocycles. The normalized spacial score (nSPS) is 14.1. The predicted molar refractivity (Wildman–Crippen MR) is 55.0 cm³/mol. The van der Waals surface area contributed by atoms with Crippen molar-refractivity contribution in [2.75, 3.05) is 0 Å². The Morgan fingerprint density at radius 1 is 1.26 bits per heavy atom. The van der Waals surface area contributed by atoms with Crippen molar-refractivity contribution in [1.29, 1.82) is 0 Å². The van der Waals surface area contributed by atoms with Gasteiger partial charge in [0, 0.05) is 6.42 Å². The number of carbonyl (C=O) groups is 1. The molecule has 1 aromatic rings. The number of alkyl halides is 3. The number of carbonyl (C=O) groups excluding carboxylic acids is 1. The van der Waals surface area contributed by atoms with Gasteiger partial charge in [0.1, 0.15) is 6.10 Å². The molecule has 1 unspecified atom stereocenters. The van der Waals surface area contributed by atoms with Crippen molar-refractivity contribution in [1.82, 2.24) is 0 Å². The van der Waals surface area contributed by atoms with Crippen molar-refractivity contribution in [2.45, 2.75) is 18.0 Å². The van der Waals surface area contributed by atoms with Crippen LogP contribution in [0.3, 0.4) is 0 Å². The molecular weight excluding hydrogens is 289 g/mol. The highest BCUT2D eigenvalue weighted by Crippen LogP contribution is 2.26. The molecule has 0 saturated carbocycles. The van der Waals surface area contributed by atoms with Gasteiger partial charge in [0.25, 0.3) is 0 Å². The molecule has 1 atom stereocenters. The van der Waals surface area contributed by atoms with E-state index in [9.17, 15) is 31.5 Å². The lowest BCUT2D eigenvalue weighted by Gasteiger charge is -2.19. The summed E-state index contributed by atoms with van der Waals surface area (Å²) in [4.78, 5) is 10.6. The van der Waals surface area contributed by atoms with Crippen LogP contribution in [0.2, 0.25) is 0 Å². The first kappa shape index (κ1) is 15.4. The van der Waals surface area contributed by atoms with Crippen LogP contribution in [0.25, 0.3) is 0 Å². The van der Waals surface area contributed by atoms with Crippen molar-refractivity contribution in [3.05, 3.63) is 35.9 Å². The van der Waals surface area contributed by atoms with Gasteiger partial charge >= 0.3 is 15.6 Å². The van der Waals surface area contributed by atoms with Gasteiger partial charge in [0.05, 0.1) is 5.97 Å². The minimum atomic E-state index is -5.98. The number of hydrogen-bond acceptors (Lipinski definition) is 5. The smallest absolute Gasteiger partial charge is 0.523 e. The van der Waals surface area contributed by atoms with Crippen molar-refractivity contribution < 1.29 is 35.7 Å². The van der Waals surface area contributed by atoms with E-state index in [1.165, 1.54) is 24.3 Å². The van der Waals surface area contributed by atoms with Crippen LogP contribution in [-0.2, 0) is 25.5 Å². The fourth-order valence-corrected chi connectivity index (χ4v) is 1.75. The summed E-state index contributed by atoms with van der Waals surface area (Å²) in [5.41, 5.74) is -5.38. The molecular formula is C10H8F3O5S-. The van der Waals surface area contributed by atoms with E-state index in [0.717, 1.165) is 0 Å². The Balaban J connectivity index is 2.90. The Kier molecular flexibility index (Phi) is 4.53. The molecule has 0 aliphatic carbocycles. The van der Waals surface area contributed by atoms with E-state index in [2.05, 4.69) is 4.18 Å². The minimum absolute atomic E-state index is 0.300. The van der Waals surface area contributed by atoms with Crippen LogP contribution in [0.5, 0.6) is 0 Å². The molecule has 9 heteroatoms. The summed E-state index contributed by atoms with van der Waals surface area (Å²) >= 11 is 0. The summed E-state index contributed by atoms with van der Waals surface area (Å²) in [6.07, 6.45) is -2.80. The molecule has 0 heterocycles. The highest BCUT2D eigenvalue weighted by molar-refractivity contribution is 7.87. The Hall–Kier alpha value is -1.61. The molecule has 0 aliphatic heterocycles. The number of aliphatic carboxylic acids is 1. The van der Waals surface area contributed by atoms with E-state index in [4.69, 9.17) is 0 Å². The summed E-state index contributed by atoms with van der Waals surface area (Å²) < 4.78 is 61.3. The molecule has 106 valence electrons. The Labute approximate surface area is 106 Å². The van der Waals surface area contributed by atoms with E-state index in [1.54, 1.807) is 6.07 Å². The predicted octanol–water partition coefficient (Wildman–Crippen LogP) is 0.214. The van der Waals surface area contributed by atoms with Gasteiger partial charge in [-0.3, -0.25) is 4.18 Å². The van der Waals surface area contributed by atoms with Crippen LogP contribution in [0, 0.1) is 0 Å². The van der Waals surface area contributed by atoms with E-state index in [1.807, 2.05) is 0 Å². The zero-order valence-corrected chi connectivity index (χ0v) is 10.1. The topological polar surface area (TPSA) is 83.5 Å². The van der Waals surface area contributed by atoms with Crippen molar-refractivity contribution in [2.24, 2.45) is 0 Å². The Morgan fingerprint density at radius 2 is 1.79 bits per heavy atom. The summed E-state index contributed by atoms with van der Waals surface area (Å²) in [7, 11) is -5.98. The third kappa shape index (κ3) is 4.21. The van der Waals surface area contributed by atoms with Gasteiger partial charge in [-0.25, -0.2) is 0 Å². The minimum Gasteiger partial charge on any atom is -0.547 e. The number of rotatable bonds is 5. The molecule has 1 rings (SSSR count). The number of halogens is 3. The van der Waals surface area contributed by atoms with E-state index < -0.39 is 34.1 Å². The number of hydrogen-bond donors (Lipinski definition) is 0. The SMILES string of the molecule is O=C([O-])C(Cc1ccccc1)OS(=O)(=O)C(F)(F)F. The number of benzene rings is 1. The summed E-state index contributed by atoms with van der Waals surface area (Å²) in [6.45, 7) is 0. The van der Waals surface area contributed by atoms with Crippen LogP contribution in [-0.4, -0.2) is 26.0 Å². The summed E-state index contributed by atoms with van der Waals surface area (Å²) in [6, 6.07) is 7.46. The van der Waals surface area contributed by atoms with E-state index in [0.29, 0.717) is 5.56 Å². The van der Waals surface area contributed by atoms with Crippen LogP contribution >= 0.6 is 0 Å². The number of carboxylic acid groups (broad SMARTS) is 1. The Morgan fingerprint density at radius 3 is 2.21 bits per heavy atom. The largest absolute Gasteiger partial charge is 0.547 e. The van der Waals surface area contributed by atoms with Gasteiger partial charge in [-0.1, -0.05) is 30.3 Å². The summed E-state index contributed by atoms with van der Waals surface area (Å²) in [5.74, 6) is -2.04. The molecule has 19 heavy (non-hydrogen) atoms. The van der Waals surface area contributed by atoms with Gasteiger partial charge in [-0.05, 0) is 5.56 Å². The molecule has 5 nitrogen and oxygen atoms in total. The van der Waals surface area contributed by atoms with E-state index in [-0.39, 0.29) is 0 Å². The molecule has 0 N–H and O–H groups in total. The van der Waals surface area contributed by atoms with Crippen LogP contribution in [0.1, 0.15) is 5.56 Å². The Bertz CT molecular complexity index is 538. The van der Waals surface area contributed by atoms with Crippen molar-refractivity contribution in [3.63, 3.8) is 0 Å². The molecule has 0 spiro atoms. The lowest BCUT2D eigenvalue weighted by atomic mass is 10.1. The first-order chi connectivity index (χ1) is 8.63. The van der Waals surface area contributed by atoms with Crippen molar-refractivity contribution in [3.8, 4) is 0 Å². The molecule has 0 fully saturated rings. The quantitative estimate of drug-likeness (QED) is 0.573. The van der Waals surface area contributed by atoms with Crippen LogP contribution in [0.15, 0.2) is 30.3 Å². The maximum Gasteiger partial charge on any atom is 0.523 e. The highest BCUT2D eigenvalue weighted by atomic mass is 32.2. The molecule has 0 saturated heterocycles. The molecule has 0 bridgehead atoms. The van der Waals surface area contributed by atoms with Gasteiger partial charge < -0.3 is 9.90 Å². The second kappa shape index (κ2) is 5.57. The molecule has 0 aromatic heterocycles. The molecule has 0 radical (unpaired) electrons.